The molecule has 0 spiro atoms. The van der Waals surface area contributed by atoms with Gasteiger partial charge >= 0.3 is 0 Å². The molecule has 1 saturated heterocycles. The summed E-state index contributed by atoms with van der Waals surface area (Å²) in [6, 6.07) is 8.37. The Balaban J connectivity index is 1.68. The zero-order valence-corrected chi connectivity index (χ0v) is 20.1. The molecule has 1 fully saturated rings. The molecular weight excluding hydrogens is 418 g/mol. The molecular formula is C24H33N7O2. The predicted octanol–water partition coefficient (Wildman–Crippen LogP) is 2.67. The van der Waals surface area contributed by atoms with Crippen molar-refractivity contribution in [2.45, 2.75) is 47.2 Å². The summed E-state index contributed by atoms with van der Waals surface area (Å²) < 4.78 is 0. The SMILES string of the molecule is CCN(Nc1nc(N2CCN(C(C)=O)CC2)nc2c1CN(C(C)C)C2=O)c1ccc(C)cc1. The van der Waals surface area contributed by atoms with Crippen molar-refractivity contribution in [2.75, 3.05) is 48.1 Å². The third-order valence-corrected chi connectivity index (χ3v) is 6.32. The smallest absolute Gasteiger partial charge is 0.273 e. The van der Waals surface area contributed by atoms with Gasteiger partial charge in [-0.1, -0.05) is 17.7 Å². The van der Waals surface area contributed by atoms with Gasteiger partial charge in [0.05, 0.1) is 12.2 Å². The number of nitrogens with one attached hydrogen (secondary N) is 1. The minimum atomic E-state index is -0.0625. The molecule has 0 unspecified atom stereocenters. The largest absolute Gasteiger partial charge is 0.339 e. The van der Waals surface area contributed by atoms with Crippen LogP contribution < -0.4 is 15.3 Å². The van der Waals surface area contributed by atoms with Crippen LogP contribution in [0.2, 0.25) is 0 Å². The summed E-state index contributed by atoms with van der Waals surface area (Å²) in [6.45, 7) is 13.5. The maximum absolute atomic E-state index is 13.2. The lowest BCUT2D eigenvalue weighted by atomic mass is 10.2. The van der Waals surface area contributed by atoms with Gasteiger partial charge in [0, 0.05) is 51.3 Å². The van der Waals surface area contributed by atoms with Crippen LogP contribution in [0.3, 0.4) is 0 Å². The van der Waals surface area contributed by atoms with Crippen LogP contribution >= 0.6 is 0 Å². The number of benzene rings is 1. The maximum atomic E-state index is 13.2. The molecule has 0 atom stereocenters. The highest BCUT2D eigenvalue weighted by molar-refractivity contribution is 5.98. The van der Waals surface area contributed by atoms with E-state index in [1.54, 1.807) is 6.92 Å². The minimum absolute atomic E-state index is 0.0625. The molecule has 3 heterocycles. The third-order valence-electron chi connectivity index (χ3n) is 6.32. The standard InChI is InChI=1S/C24H33N7O2/c1-6-31(19-9-7-17(4)8-10-19)27-22-20-15-30(16(2)3)23(33)21(20)25-24(26-22)29-13-11-28(12-14-29)18(5)32/h7-10,16H,6,11-15H2,1-5H3,(H,25,26,27). The summed E-state index contributed by atoms with van der Waals surface area (Å²) in [5.74, 6) is 1.19. The Morgan fingerprint density at radius 2 is 1.79 bits per heavy atom. The first-order valence-corrected chi connectivity index (χ1v) is 11.6. The normalized spacial score (nSPS) is 15.8. The molecule has 1 aromatic carbocycles. The number of fused-ring (bicyclic) bond motifs is 1. The Labute approximate surface area is 195 Å². The molecule has 0 radical (unpaired) electrons. The Bertz CT molecular complexity index is 1030. The van der Waals surface area contributed by atoms with Crippen molar-refractivity contribution in [3.05, 3.63) is 41.1 Å². The van der Waals surface area contributed by atoms with Gasteiger partial charge in [-0.25, -0.2) is 4.98 Å². The lowest BCUT2D eigenvalue weighted by molar-refractivity contribution is -0.129. The van der Waals surface area contributed by atoms with E-state index < -0.39 is 0 Å². The summed E-state index contributed by atoms with van der Waals surface area (Å²) in [6.07, 6.45) is 0. The van der Waals surface area contributed by atoms with Crippen LogP contribution in [0.15, 0.2) is 24.3 Å². The monoisotopic (exact) mass is 451 g/mol. The van der Waals surface area contributed by atoms with Gasteiger partial charge in [-0.2, -0.15) is 4.98 Å². The van der Waals surface area contributed by atoms with Crippen molar-refractivity contribution in [2.24, 2.45) is 0 Å². The predicted molar refractivity (Wildman–Crippen MR) is 129 cm³/mol. The Morgan fingerprint density at radius 3 is 2.36 bits per heavy atom. The highest BCUT2D eigenvalue weighted by Crippen LogP contribution is 2.31. The van der Waals surface area contributed by atoms with Crippen molar-refractivity contribution in [3.8, 4) is 0 Å². The number of aromatic nitrogens is 2. The lowest BCUT2D eigenvalue weighted by Crippen LogP contribution is -2.48. The van der Waals surface area contributed by atoms with Crippen LogP contribution in [0.4, 0.5) is 17.5 Å². The number of rotatable bonds is 6. The molecule has 2 aliphatic rings. The molecule has 2 aliphatic heterocycles. The number of aryl methyl sites for hydroxylation is 1. The number of carbonyl (C=O) groups is 2. The number of hydrogen-bond acceptors (Lipinski definition) is 7. The number of anilines is 3. The number of amides is 2. The topological polar surface area (TPSA) is 84.9 Å². The number of hydrazine groups is 1. The van der Waals surface area contributed by atoms with E-state index in [-0.39, 0.29) is 17.9 Å². The van der Waals surface area contributed by atoms with Crippen LogP contribution in [-0.4, -0.2) is 70.3 Å². The minimum Gasteiger partial charge on any atom is -0.339 e. The Kier molecular flexibility index (Phi) is 6.40. The molecule has 9 nitrogen and oxygen atoms in total. The second-order valence-corrected chi connectivity index (χ2v) is 8.91. The molecule has 1 N–H and O–H groups in total. The van der Waals surface area contributed by atoms with Crippen LogP contribution in [0.1, 0.15) is 49.3 Å². The van der Waals surface area contributed by atoms with E-state index in [2.05, 4.69) is 48.4 Å². The zero-order chi connectivity index (χ0) is 23.7. The van der Waals surface area contributed by atoms with E-state index in [4.69, 9.17) is 9.97 Å². The van der Waals surface area contributed by atoms with Gasteiger partial charge in [0.25, 0.3) is 5.91 Å². The Hall–Kier alpha value is -3.36. The van der Waals surface area contributed by atoms with Gasteiger partial charge in [0.2, 0.25) is 11.9 Å². The zero-order valence-electron chi connectivity index (χ0n) is 20.1. The number of hydrogen-bond donors (Lipinski definition) is 1. The second-order valence-electron chi connectivity index (χ2n) is 8.91. The summed E-state index contributed by atoms with van der Waals surface area (Å²) in [5, 5.41) is 2.03. The summed E-state index contributed by atoms with van der Waals surface area (Å²) in [5.41, 5.74) is 6.97. The molecule has 0 bridgehead atoms. The van der Waals surface area contributed by atoms with Crippen molar-refractivity contribution in [3.63, 3.8) is 0 Å². The fraction of sp³-hybridized carbons (Fsp3) is 0.500. The molecule has 9 heteroatoms. The molecule has 4 rings (SSSR count). The fourth-order valence-electron chi connectivity index (χ4n) is 4.23. The van der Waals surface area contributed by atoms with Gasteiger partial charge in [-0.3, -0.25) is 20.0 Å². The van der Waals surface area contributed by atoms with Crippen LogP contribution in [0.5, 0.6) is 0 Å². The quantitative estimate of drug-likeness (QED) is 0.676. The van der Waals surface area contributed by atoms with E-state index in [0.29, 0.717) is 50.2 Å². The van der Waals surface area contributed by atoms with Crippen molar-refractivity contribution >= 4 is 29.3 Å². The molecule has 1 aromatic heterocycles. The summed E-state index contributed by atoms with van der Waals surface area (Å²) in [4.78, 5) is 40.1. The third kappa shape index (κ3) is 4.58. The first kappa shape index (κ1) is 22.8. The highest BCUT2D eigenvalue weighted by atomic mass is 16.2. The first-order valence-electron chi connectivity index (χ1n) is 11.6. The van der Waals surface area contributed by atoms with E-state index in [9.17, 15) is 9.59 Å². The number of nitrogens with zero attached hydrogens (tertiary/aromatic N) is 6. The fourth-order valence-corrected chi connectivity index (χ4v) is 4.23. The molecule has 0 aliphatic carbocycles. The Morgan fingerprint density at radius 1 is 1.12 bits per heavy atom. The highest BCUT2D eigenvalue weighted by Gasteiger charge is 2.35. The number of carbonyl (C=O) groups excluding carboxylic acids is 2. The van der Waals surface area contributed by atoms with Crippen molar-refractivity contribution < 1.29 is 9.59 Å². The van der Waals surface area contributed by atoms with E-state index >= 15 is 0 Å². The average molecular weight is 452 g/mol. The second kappa shape index (κ2) is 9.25. The van der Waals surface area contributed by atoms with Gasteiger partial charge < -0.3 is 14.7 Å². The van der Waals surface area contributed by atoms with Crippen molar-refractivity contribution in [1.82, 2.24) is 19.8 Å². The van der Waals surface area contributed by atoms with E-state index in [1.165, 1.54) is 5.56 Å². The van der Waals surface area contributed by atoms with Gasteiger partial charge in [0.15, 0.2) is 5.82 Å². The van der Waals surface area contributed by atoms with Gasteiger partial charge in [0.1, 0.15) is 5.69 Å². The lowest BCUT2D eigenvalue weighted by Gasteiger charge is -2.34. The molecule has 0 saturated carbocycles. The van der Waals surface area contributed by atoms with Crippen LogP contribution in [0.25, 0.3) is 0 Å². The first-order chi connectivity index (χ1) is 15.8. The van der Waals surface area contributed by atoms with E-state index in [0.717, 1.165) is 17.8 Å². The van der Waals surface area contributed by atoms with Crippen LogP contribution in [0, 0.1) is 6.92 Å². The van der Waals surface area contributed by atoms with Crippen LogP contribution in [-0.2, 0) is 11.3 Å². The van der Waals surface area contributed by atoms with Crippen molar-refractivity contribution in [1.29, 1.82) is 0 Å². The summed E-state index contributed by atoms with van der Waals surface area (Å²) in [7, 11) is 0. The molecule has 2 amide bonds. The molecule has 33 heavy (non-hydrogen) atoms. The average Bonchev–Trinajstić information content (AvgIpc) is 3.15. The van der Waals surface area contributed by atoms with Gasteiger partial charge in [-0.05, 0) is 39.8 Å². The number of piperazine rings is 1. The van der Waals surface area contributed by atoms with E-state index in [1.807, 2.05) is 28.7 Å². The molecule has 176 valence electrons. The molecule has 2 aromatic rings. The maximum Gasteiger partial charge on any atom is 0.273 e. The summed E-state index contributed by atoms with van der Waals surface area (Å²) >= 11 is 0. The van der Waals surface area contributed by atoms with Gasteiger partial charge in [-0.15, -0.1) is 0 Å².